The van der Waals surface area contributed by atoms with E-state index in [1.54, 1.807) is 7.11 Å². The van der Waals surface area contributed by atoms with Crippen LogP contribution in [0.25, 0.3) is 0 Å². The molecule has 3 aliphatic rings. The Hall–Kier alpha value is -1.43. The Morgan fingerprint density at radius 3 is 2.41 bits per heavy atom. The van der Waals surface area contributed by atoms with Crippen LogP contribution in [0.4, 0.5) is 0 Å². The molecule has 3 fully saturated rings. The molecule has 1 amide bonds. The largest absolute Gasteiger partial charge is 0.373 e. The van der Waals surface area contributed by atoms with Crippen molar-refractivity contribution in [2.45, 2.75) is 43.7 Å². The van der Waals surface area contributed by atoms with Crippen molar-refractivity contribution >= 4 is 5.91 Å². The van der Waals surface area contributed by atoms with Crippen LogP contribution in [-0.2, 0) is 15.1 Å². The highest BCUT2D eigenvalue weighted by atomic mass is 16.5. The first-order chi connectivity index (χ1) is 13.1. The van der Waals surface area contributed by atoms with Gasteiger partial charge in [0.05, 0.1) is 11.6 Å². The summed E-state index contributed by atoms with van der Waals surface area (Å²) < 4.78 is 5.97. The molecule has 148 valence electrons. The van der Waals surface area contributed by atoms with Gasteiger partial charge in [-0.1, -0.05) is 30.3 Å². The van der Waals surface area contributed by atoms with Crippen molar-refractivity contribution in [3.63, 3.8) is 0 Å². The van der Waals surface area contributed by atoms with E-state index in [1.807, 2.05) is 6.07 Å². The molecule has 1 aromatic rings. The van der Waals surface area contributed by atoms with Crippen LogP contribution in [0.3, 0.4) is 0 Å². The zero-order valence-electron chi connectivity index (χ0n) is 16.7. The number of nitrogens with zero attached hydrogens (tertiary/aromatic N) is 2. The highest BCUT2D eigenvalue weighted by molar-refractivity contribution is 5.82. The smallest absolute Gasteiger partial charge is 0.239 e. The molecule has 4 rings (SSSR count). The number of carbonyl (C=O) groups excluding carboxylic acids is 1. The molecule has 5 heteroatoms. The van der Waals surface area contributed by atoms with E-state index >= 15 is 0 Å². The number of hydrogen-bond acceptors (Lipinski definition) is 4. The van der Waals surface area contributed by atoms with Crippen molar-refractivity contribution in [3.05, 3.63) is 35.9 Å². The number of carbonyl (C=O) groups is 1. The summed E-state index contributed by atoms with van der Waals surface area (Å²) in [6.07, 6.45) is 5.15. The second kappa shape index (κ2) is 7.53. The van der Waals surface area contributed by atoms with E-state index < -0.39 is 0 Å². The third-order valence-electron chi connectivity index (χ3n) is 7.27. The zero-order valence-corrected chi connectivity index (χ0v) is 16.7. The number of rotatable bonds is 3. The first-order valence-corrected chi connectivity index (χ1v) is 10.4. The van der Waals surface area contributed by atoms with Crippen LogP contribution >= 0.6 is 0 Å². The fourth-order valence-electron chi connectivity index (χ4n) is 5.52. The van der Waals surface area contributed by atoms with Crippen LogP contribution in [0.1, 0.15) is 37.7 Å². The molecule has 3 saturated heterocycles. The van der Waals surface area contributed by atoms with Gasteiger partial charge < -0.3 is 15.0 Å². The van der Waals surface area contributed by atoms with Gasteiger partial charge in [0, 0.05) is 26.7 Å². The number of methoxy groups -OCH3 is 1. The van der Waals surface area contributed by atoms with Gasteiger partial charge >= 0.3 is 0 Å². The number of ether oxygens (including phenoxy) is 1. The number of piperidine rings is 2. The molecule has 1 spiro atoms. The molecule has 27 heavy (non-hydrogen) atoms. The summed E-state index contributed by atoms with van der Waals surface area (Å²) in [4.78, 5) is 17.7. The fraction of sp³-hybridized carbons (Fsp3) is 0.682. The minimum Gasteiger partial charge on any atom is -0.373 e. The number of amides is 1. The third-order valence-corrected chi connectivity index (χ3v) is 7.27. The van der Waals surface area contributed by atoms with Gasteiger partial charge in [-0.05, 0) is 63.2 Å². The molecule has 1 N–H and O–H groups in total. The molecule has 0 unspecified atom stereocenters. The van der Waals surface area contributed by atoms with Crippen LogP contribution in [0.2, 0.25) is 0 Å². The number of hydrogen-bond donors (Lipinski definition) is 1. The lowest BCUT2D eigenvalue weighted by Gasteiger charge is -2.42. The molecule has 3 aliphatic heterocycles. The minimum absolute atomic E-state index is 0.0508. The molecule has 0 aromatic heterocycles. The van der Waals surface area contributed by atoms with Gasteiger partial charge in [0.1, 0.15) is 0 Å². The van der Waals surface area contributed by atoms with Crippen molar-refractivity contribution < 1.29 is 9.53 Å². The van der Waals surface area contributed by atoms with Gasteiger partial charge in [-0.25, -0.2) is 0 Å². The molecule has 0 saturated carbocycles. The quantitative estimate of drug-likeness (QED) is 0.885. The Morgan fingerprint density at radius 2 is 1.78 bits per heavy atom. The van der Waals surface area contributed by atoms with E-state index in [9.17, 15) is 4.79 Å². The zero-order chi connectivity index (χ0) is 18.9. The van der Waals surface area contributed by atoms with Crippen molar-refractivity contribution in [1.29, 1.82) is 0 Å². The van der Waals surface area contributed by atoms with Gasteiger partial charge in [-0.15, -0.1) is 0 Å². The monoisotopic (exact) mass is 371 g/mol. The Labute approximate surface area is 163 Å². The normalized spacial score (nSPS) is 27.8. The summed E-state index contributed by atoms with van der Waals surface area (Å²) in [7, 11) is 3.93. The van der Waals surface area contributed by atoms with Gasteiger partial charge in [0.15, 0.2) is 0 Å². The maximum absolute atomic E-state index is 13.3. The molecular formula is C22H33N3O2. The molecule has 1 atom stereocenters. The van der Waals surface area contributed by atoms with E-state index in [1.165, 1.54) is 18.4 Å². The topological polar surface area (TPSA) is 44.8 Å². The van der Waals surface area contributed by atoms with Gasteiger partial charge in [-0.3, -0.25) is 9.69 Å². The lowest BCUT2D eigenvalue weighted by Crippen LogP contribution is -2.51. The molecular weight excluding hydrogens is 338 g/mol. The highest BCUT2D eigenvalue weighted by Gasteiger charge is 2.47. The van der Waals surface area contributed by atoms with Crippen LogP contribution in [0.5, 0.6) is 0 Å². The highest BCUT2D eigenvalue weighted by Crippen LogP contribution is 2.42. The van der Waals surface area contributed by atoms with Crippen LogP contribution in [-0.4, -0.2) is 68.6 Å². The first kappa shape index (κ1) is 18.9. The average Bonchev–Trinajstić information content (AvgIpc) is 3.04. The first-order valence-electron chi connectivity index (χ1n) is 10.4. The molecule has 0 radical (unpaired) electrons. The predicted molar refractivity (Wildman–Crippen MR) is 107 cm³/mol. The van der Waals surface area contributed by atoms with Gasteiger partial charge in [-0.2, -0.15) is 0 Å². The lowest BCUT2D eigenvalue weighted by molar-refractivity contribution is -0.141. The van der Waals surface area contributed by atoms with E-state index in [2.05, 4.69) is 46.4 Å². The minimum atomic E-state index is -0.254. The molecule has 0 aliphatic carbocycles. The standard InChI is InChI=1S/C22H33N3O2/c1-24-17-21(8-12-23-13-9-21)16-19(24)20(26)25-14-10-22(27-2,11-15-25)18-6-4-3-5-7-18/h3-7,19,23H,8-17H2,1-2H3/t19-/m1/s1. The summed E-state index contributed by atoms with van der Waals surface area (Å²) in [5, 5.41) is 3.46. The van der Waals surface area contributed by atoms with Crippen molar-refractivity contribution in [2.75, 3.05) is 46.9 Å². The van der Waals surface area contributed by atoms with E-state index in [-0.39, 0.29) is 11.6 Å². The number of likely N-dealkylation sites (N-methyl/N-ethyl adjacent to an activating group) is 1. The summed E-state index contributed by atoms with van der Waals surface area (Å²) in [6.45, 7) is 4.80. The molecule has 3 heterocycles. The Bertz CT molecular complexity index is 649. The van der Waals surface area contributed by atoms with Crippen LogP contribution in [0, 0.1) is 5.41 Å². The van der Waals surface area contributed by atoms with Crippen molar-refractivity contribution in [2.24, 2.45) is 5.41 Å². The summed E-state index contributed by atoms with van der Waals surface area (Å²) >= 11 is 0. The molecule has 0 bridgehead atoms. The van der Waals surface area contributed by atoms with E-state index in [4.69, 9.17) is 4.74 Å². The van der Waals surface area contributed by atoms with Crippen molar-refractivity contribution in [1.82, 2.24) is 15.1 Å². The summed E-state index contributed by atoms with van der Waals surface area (Å²) in [5.41, 5.74) is 1.32. The van der Waals surface area contributed by atoms with Crippen molar-refractivity contribution in [3.8, 4) is 0 Å². The molecule has 1 aromatic carbocycles. The number of likely N-dealkylation sites (tertiary alicyclic amines) is 2. The summed E-state index contributed by atoms with van der Waals surface area (Å²) in [6, 6.07) is 10.5. The van der Waals surface area contributed by atoms with Crippen LogP contribution < -0.4 is 5.32 Å². The number of benzene rings is 1. The van der Waals surface area contributed by atoms with E-state index in [0.717, 1.165) is 52.0 Å². The lowest BCUT2D eigenvalue weighted by atomic mass is 9.77. The Morgan fingerprint density at radius 1 is 1.11 bits per heavy atom. The van der Waals surface area contributed by atoms with Crippen LogP contribution in [0.15, 0.2) is 30.3 Å². The second-order valence-electron chi connectivity index (χ2n) is 8.77. The number of nitrogens with one attached hydrogen (secondary N) is 1. The Balaban J connectivity index is 1.41. The SMILES string of the molecule is COC1(c2ccccc2)CCN(C(=O)[C@H]2CC3(CCNCC3)CN2C)CC1. The fourth-order valence-corrected chi connectivity index (χ4v) is 5.52. The van der Waals surface area contributed by atoms with Gasteiger partial charge in [0.25, 0.3) is 0 Å². The molecule has 5 nitrogen and oxygen atoms in total. The maximum Gasteiger partial charge on any atom is 0.239 e. The Kier molecular flexibility index (Phi) is 5.28. The average molecular weight is 372 g/mol. The maximum atomic E-state index is 13.3. The van der Waals surface area contributed by atoms with Gasteiger partial charge in [0.2, 0.25) is 5.91 Å². The third kappa shape index (κ3) is 3.53. The van der Waals surface area contributed by atoms with E-state index in [0.29, 0.717) is 11.3 Å². The predicted octanol–water partition coefficient (Wildman–Crippen LogP) is 2.22. The second-order valence-corrected chi connectivity index (χ2v) is 8.77. The summed E-state index contributed by atoms with van der Waals surface area (Å²) in [5.74, 6) is 0.325.